The van der Waals surface area contributed by atoms with Crippen molar-refractivity contribution in [1.82, 2.24) is 4.90 Å². The second-order valence-electron chi connectivity index (χ2n) is 5.73. The van der Waals surface area contributed by atoms with E-state index in [4.69, 9.17) is 5.11 Å². The van der Waals surface area contributed by atoms with E-state index < -0.39 is 5.97 Å². The number of hydrogen-bond acceptors (Lipinski definition) is 4. The third-order valence-electron chi connectivity index (χ3n) is 3.86. The van der Waals surface area contributed by atoms with Crippen molar-refractivity contribution < 1.29 is 14.7 Å². The maximum Gasteiger partial charge on any atom is 0.325 e. The van der Waals surface area contributed by atoms with Crippen molar-refractivity contribution >= 4 is 23.3 Å². The van der Waals surface area contributed by atoms with Gasteiger partial charge in [-0.2, -0.15) is 0 Å². The predicted molar refractivity (Wildman–Crippen MR) is 90.1 cm³/mol. The van der Waals surface area contributed by atoms with E-state index >= 15 is 0 Å². The largest absolute Gasteiger partial charge is 0.480 e. The Labute approximate surface area is 136 Å². The first-order valence-electron chi connectivity index (χ1n) is 7.90. The van der Waals surface area contributed by atoms with Crippen LogP contribution in [-0.4, -0.2) is 53.8 Å². The molecule has 1 amide bonds. The Balaban J connectivity index is 2.03. The van der Waals surface area contributed by atoms with Crippen LogP contribution in [0.15, 0.2) is 29.3 Å². The molecule has 2 rings (SSSR count). The van der Waals surface area contributed by atoms with Crippen molar-refractivity contribution in [2.45, 2.75) is 26.2 Å². The van der Waals surface area contributed by atoms with E-state index in [0.717, 1.165) is 31.5 Å². The van der Waals surface area contributed by atoms with Gasteiger partial charge < -0.3 is 10.4 Å². The fraction of sp³-hybridized carbons (Fsp3) is 0.471. The van der Waals surface area contributed by atoms with Gasteiger partial charge in [0.2, 0.25) is 5.91 Å². The number of nitrogens with one attached hydrogen (secondary N) is 1. The number of aliphatic carboxylic acids is 1. The lowest BCUT2D eigenvalue weighted by molar-refractivity contribution is -0.135. The summed E-state index contributed by atoms with van der Waals surface area (Å²) in [5, 5.41) is 11.6. The number of nitrogens with zero attached hydrogens (tertiary/aromatic N) is 2. The quantitative estimate of drug-likeness (QED) is 0.786. The van der Waals surface area contributed by atoms with Crippen LogP contribution in [0.4, 0.5) is 5.69 Å². The molecule has 1 aliphatic rings. The van der Waals surface area contributed by atoms with Crippen LogP contribution in [0, 0.1) is 0 Å². The number of likely N-dealkylation sites (tertiary alicyclic amines) is 1. The Morgan fingerprint density at radius 2 is 1.91 bits per heavy atom. The van der Waals surface area contributed by atoms with Crippen LogP contribution in [0.25, 0.3) is 0 Å². The number of para-hydroxylation sites is 1. The average molecular weight is 317 g/mol. The minimum absolute atomic E-state index is 0.0506. The maximum atomic E-state index is 12.2. The first-order chi connectivity index (χ1) is 11.1. The van der Waals surface area contributed by atoms with Gasteiger partial charge in [-0.1, -0.05) is 24.6 Å². The highest BCUT2D eigenvalue weighted by atomic mass is 16.4. The van der Waals surface area contributed by atoms with Gasteiger partial charge in [0.25, 0.3) is 0 Å². The highest BCUT2D eigenvalue weighted by Crippen LogP contribution is 2.17. The highest BCUT2D eigenvalue weighted by molar-refractivity contribution is 6.07. The number of anilines is 1. The molecule has 0 bridgehead atoms. The number of amides is 1. The molecule has 1 aromatic carbocycles. The summed E-state index contributed by atoms with van der Waals surface area (Å²) >= 11 is 0. The van der Waals surface area contributed by atoms with Crippen LogP contribution in [0.3, 0.4) is 0 Å². The molecule has 6 heteroatoms. The van der Waals surface area contributed by atoms with Gasteiger partial charge >= 0.3 is 5.97 Å². The van der Waals surface area contributed by atoms with Crippen LogP contribution >= 0.6 is 0 Å². The minimum atomic E-state index is -0.976. The van der Waals surface area contributed by atoms with Crippen LogP contribution in [-0.2, 0) is 9.59 Å². The molecule has 124 valence electrons. The molecule has 0 unspecified atom stereocenters. The number of carboxylic acids is 1. The van der Waals surface area contributed by atoms with Gasteiger partial charge in [-0.25, -0.2) is 0 Å². The lowest BCUT2D eigenvalue weighted by Gasteiger charge is -2.25. The summed E-state index contributed by atoms with van der Waals surface area (Å²) in [6.45, 7) is 3.79. The van der Waals surface area contributed by atoms with E-state index in [-0.39, 0.29) is 12.5 Å². The zero-order chi connectivity index (χ0) is 16.7. The maximum absolute atomic E-state index is 12.2. The van der Waals surface area contributed by atoms with Crippen molar-refractivity contribution in [2.24, 2.45) is 4.99 Å². The molecule has 1 aliphatic heterocycles. The average Bonchev–Trinajstić information content (AvgIpc) is 2.54. The third-order valence-corrected chi connectivity index (χ3v) is 3.86. The molecule has 0 saturated carbocycles. The number of rotatable bonds is 6. The lowest BCUT2D eigenvalue weighted by atomic mass is 10.1. The summed E-state index contributed by atoms with van der Waals surface area (Å²) in [5.74, 6) is -1.03. The molecule has 0 spiro atoms. The Morgan fingerprint density at radius 1 is 1.22 bits per heavy atom. The summed E-state index contributed by atoms with van der Waals surface area (Å²) in [6.07, 6.45) is 3.52. The first kappa shape index (κ1) is 17.1. The standard InChI is InChI=1S/C17H23N3O3/c1-13(18-11-17(22)23)14-7-3-4-8-15(14)19-16(21)12-20-9-5-2-6-10-20/h3-4,7-8H,2,5-6,9-12H2,1H3,(H,19,21)(H,22,23). The summed E-state index contributed by atoms with van der Waals surface area (Å²) in [7, 11) is 0. The fourth-order valence-electron chi connectivity index (χ4n) is 2.69. The Kier molecular flexibility index (Phi) is 6.29. The van der Waals surface area contributed by atoms with E-state index in [9.17, 15) is 9.59 Å². The topological polar surface area (TPSA) is 82.0 Å². The number of benzene rings is 1. The second-order valence-corrected chi connectivity index (χ2v) is 5.73. The smallest absolute Gasteiger partial charge is 0.325 e. The molecule has 1 aromatic rings. The molecule has 0 radical (unpaired) electrons. The fourth-order valence-corrected chi connectivity index (χ4v) is 2.69. The minimum Gasteiger partial charge on any atom is -0.480 e. The molecule has 6 nitrogen and oxygen atoms in total. The van der Waals surface area contributed by atoms with Gasteiger partial charge in [-0.05, 0) is 38.9 Å². The summed E-state index contributed by atoms with van der Waals surface area (Å²) < 4.78 is 0. The summed E-state index contributed by atoms with van der Waals surface area (Å²) in [4.78, 5) is 29.1. The third kappa shape index (κ3) is 5.49. The predicted octanol–water partition coefficient (Wildman–Crippen LogP) is 2.00. The van der Waals surface area contributed by atoms with Crippen LogP contribution in [0.2, 0.25) is 0 Å². The molecule has 2 N–H and O–H groups in total. The molecule has 1 fully saturated rings. The van der Waals surface area contributed by atoms with E-state index in [1.807, 2.05) is 24.3 Å². The molecular formula is C17H23N3O3. The van der Waals surface area contributed by atoms with Crippen molar-refractivity contribution in [3.05, 3.63) is 29.8 Å². The number of carboxylic acid groups (broad SMARTS) is 1. The van der Waals surface area contributed by atoms with Gasteiger partial charge in [0.15, 0.2) is 0 Å². The zero-order valence-electron chi connectivity index (χ0n) is 13.4. The van der Waals surface area contributed by atoms with Crippen LogP contribution in [0.5, 0.6) is 0 Å². The second kappa shape index (κ2) is 8.43. The number of aliphatic imine (C=N–C) groups is 1. The number of carbonyl (C=O) groups is 2. The van der Waals surface area contributed by atoms with Crippen molar-refractivity contribution in [1.29, 1.82) is 0 Å². The van der Waals surface area contributed by atoms with Crippen molar-refractivity contribution in [2.75, 3.05) is 31.5 Å². The SMILES string of the molecule is CC(=NCC(=O)O)c1ccccc1NC(=O)CN1CCCCC1. The van der Waals surface area contributed by atoms with Crippen LogP contribution in [0.1, 0.15) is 31.7 Å². The number of hydrogen-bond donors (Lipinski definition) is 2. The highest BCUT2D eigenvalue weighted by Gasteiger charge is 2.15. The first-order valence-corrected chi connectivity index (χ1v) is 7.90. The molecule has 0 aromatic heterocycles. The Bertz CT molecular complexity index is 593. The zero-order valence-corrected chi connectivity index (χ0v) is 13.4. The number of piperidine rings is 1. The van der Waals surface area contributed by atoms with E-state index in [1.54, 1.807) is 6.92 Å². The van der Waals surface area contributed by atoms with E-state index in [2.05, 4.69) is 15.2 Å². The lowest BCUT2D eigenvalue weighted by Crippen LogP contribution is -2.37. The van der Waals surface area contributed by atoms with Crippen LogP contribution < -0.4 is 5.32 Å². The van der Waals surface area contributed by atoms with Gasteiger partial charge in [-0.15, -0.1) is 0 Å². The van der Waals surface area contributed by atoms with Gasteiger partial charge in [0.05, 0.1) is 6.54 Å². The molecule has 1 saturated heterocycles. The monoisotopic (exact) mass is 317 g/mol. The van der Waals surface area contributed by atoms with Crippen molar-refractivity contribution in [3.8, 4) is 0 Å². The van der Waals surface area contributed by atoms with E-state index in [0.29, 0.717) is 17.9 Å². The molecule has 0 atom stereocenters. The number of carbonyl (C=O) groups excluding carboxylic acids is 1. The van der Waals surface area contributed by atoms with Crippen molar-refractivity contribution in [3.63, 3.8) is 0 Å². The van der Waals surface area contributed by atoms with E-state index in [1.165, 1.54) is 6.42 Å². The Morgan fingerprint density at radius 3 is 2.61 bits per heavy atom. The molecular weight excluding hydrogens is 294 g/mol. The van der Waals surface area contributed by atoms with Gasteiger partial charge in [0.1, 0.15) is 6.54 Å². The normalized spacial score (nSPS) is 16.1. The van der Waals surface area contributed by atoms with Gasteiger partial charge in [-0.3, -0.25) is 19.5 Å². The molecule has 0 aliphatic carbocycles. The van der Waals surface area contributed by atoms with Gasteiger partial charge in [0, 0.05) is 17.0 Å². The molecule has 23 heavy (non-hydrogen) atoms. The molecule has 1 heterocycles. The summed E-state index contributed by atoms with van der Waals surface area (Å²) in [6, 6.07) is 7.32. The Hall–Kier alpha value is -2.21. The summed E-state index contributed by atoms with van der Waals surface area (Å²) in [5.41, 5.74) is 2.02.